The number of carbonyl (C=O) groups excluding carboxylic acids is 3. The number of hydrogen-bond acceptors (Lipinski definition) is 6. The Kier molecular flexibility index (Phi) is 5.97. The largest absolute Gasteiger partial charge is 0.547 e. The Labute approximate surface area is 140 Å². The van der Waals surface area contributed by atoms with Gasteiger partial charge in [0, 0.05) is 12.8 Å². The Bertz CT molecular complexity index is 647. The molecule has 24 heavy (non-hydrogen) atoms. The lowest BCUT2D eigenvalue weighted by atomic mass is 9.72. The lowest BCUT2D eigenvalue weighted by Crippen LogP contribution is -2.53. The minimum Gasteiger partial charge on any atom is -0.534 e. The highest BCUT2D eigenvalue weighted by Gasteiger charge is 2.37. The minimum atomic E-state index is -1.26. The molecule has 0 saturated carbocycles. The van der Waals surface area contributed by atoms with Gasteiger partial charge in [0.15, 0.2) is 0 Å². The van der Waals surface area contributed by atoms with E-state index < -0.39 is 19.0 Å². The average Bonchev–Trinajstić information content (AvgIpc) is 2.54. The molecule has 0 aromatic heterocycles. The van der Waals surface area contributed by atoms with Crippen LogP contribution in [-0.2, 0) is 20.7 Å². The minimum absolute atomic E-state index is 0.0353. The van der Waals surface area contributed by atoms with Crippen molar-refractivity contribution >= 4 is 24.8 Å². The van der Waals surface area contributed by atoms with Crippen molar-refractivity contribution in [2.45, 2.75) is 38.5 Å². The number of ether oxygens (including phenoxy) is 1. The first kappa shape index (κ1) is 18.0. The fourth-order valence-electron chi connectivity index (χ4n) is 2.60. The highest BCUT2D eigenvalue weighted by Crippen LogP contribution is 2.30. The number of benzene rings is 1. The van der Waals surface area contributed by atoms with Gasteiger partial charge in [-0.05, 0) is 31.4 Å². The van der Waals surface area contributed by atoms with Gasteiger partial charge in [-0.25, -0.2) is 4.79 Å². The van der Waals surface area contributed by atoms with E-state index >= 15 is 0 Å². The zero-order valence-electron chi connectivity index (χ0n) is 13.7. The number of Topliss-reactive ketones (excluding diaryl/α,β-unsaturated/α-hetero) is 1. The number of methoxy groups -OCH3 is 1. The van der Waals surface area contributed by atoms with Crippen molar-refractivity contribution in [3.05, 3.63) is 29.3 Å². The highest BCUT2D eigenvalue weighted by molar-refractivity contribution is 6.47. The first-order chi connectivity index (χ1) is 11.4. The summed E-state index contributed by atoms with van der Waals surface area (Å²) in [6.45, 7) is 1.48. The molecule has 2 N–H and O–H groups in total. The molecule has 2 rings (SSSR count). The fraction of sp³-hybridized carbons (Fsp3) is 0.438. The molecule has 1 aliphatic rings. The molecule has 0 saturated heterocycles. The van der Waals surface area contributed by atoms with Gasteiger partial charge in [0.2, 0.25) is 5.91 Å². The van der Waals surface area contributed by atoms with E-state index in [1.54, 1.807) is 18.2 Å². The maximum absolute atomic E-state index is 11.9. The topological polar surface area (TPSA) is 102 Å². The van der Waals surface area contributed by atoms with Gasteiger partial charge in [-0.3, -0.25) is 4.79 Å². The normalized spacial score (nSPS) is 16.0. The van der Waals surface area contributed by atoms with Gasteiger partial charge in [0.25, 0.3) is 0 Å². The fourth-order valence-corrected chi connectivity index (χ4v) is 2.60. The van der Waals surface area contributed by atoms with Crippen LogP contribution < -0.4 is 9.97 Å². The van der Waals surface area contributed by atoms with Crippen molar-refractivity contribution in [1.29, 1.82) is 0 Å². The molecule has 1 aliphatic heterocycles. The number of esters is 1. The van der Waals surface area contributed by atoms with Crippen LogP contribution >= 0.6 is 0 Å². The summed E-state index contributed by atoms with van der Waals surface area (Å²) in [5.74, 6) is -1.11. The van der Waals surface area contributed by atoms with Crippen molar-refractivity contribution in [1.82, 2.24) is 5.32 Å². The number of hydrogen-bond donors (Lipinski definition) is 2. The van der Waals surface area contributed by atoms with Crippen molar-refractivity contribution < 1.29 is 28.8 Å². The summed E-state index contributed by atoms with van der Waals surface area (Å²) < 4.78 is 10.1. The zero-order chi connectivity index (χ0) is 17.7. The predicted molar refractivity (Wildman–Crippen MR) is 86.5 cm³/mol. The Balaban J connectivity index is 2.03. The van der Waals surface area contributed by atoms with E-state index in [0.29, 0.717) is 24.8 Å². The van der Waals surface area contributed by atoms with Crippen LogP contribution in [0.4, 0.5) is 0 Å². The third-order valence-corrected chi connectivity index (χ3v) is 3.80. The molecule has 0 fully saturated rings. The van der Waals surface area contributed by atoms with Gasteiger partial charge in [-0.2, -0.15) is 0 Å². The van der Waals surface area contributed by atoms with Crippen LogP contribution in [0.1, 0.15) is 42.1 Å². The van der Waals surface area contributed by atoms with Crippen molar-refractivity contribution in [2.24, 2.45) is 0 Å². The lowest BCUT2D eigenvalue weighted by Gasteiger charge is -2.29. The molecule has 128 valence electrons. The average molecular weight is 333 g/mol. The van der Waals surface area contributed by atoms with E-state index in [2.05, 4.69) is 5.32 Å². The monoisotopic (exact) mass is 333 g/mol. The van der Waals surface area contributed by atoms with Gasteiger partial charge < -0.3 is 24.5 Å². The Morgan fingerprint density at radius 1 is 1.38 bits per heavy atom. The van der Waals surface area contributed by atoms with Crippen LogP contribution in [0.3, 0.4) is 0 Å². The van der Waals surface area contributed by atoms with Crippen molar-refractivity contribution in [3.8, 4) is 5.75 Å². The third-order valence-electron chi connectivity index (χ3n) is 3.80. The summed E-state index contributed by atoms with van der Waals surface area (Å²) in [6.07, 6.45) is 1.36. The number of nitrogens with one attached hydrogen (secondary N) is 1. The summed E-state index contributed by atoms with van der Waals surface area (Å²) in [4.78, 5) is 34.5. The summed E-state index contributed by atoms with van der Waals surface area (Å²) >= 11 is 0. The molecule has 7 nitrogen and oxygen atoms in total. The first-order valence-electron chi connectivity index (χ1n) is 7.76. The van der Waals surface area contributed by atoms with Crippen molar-refractivity contribution in [2.75, 3.05) is 7.11 Å². The first-order valence-corrected chi connectivity index (χ1v) is 7.76. The van der Waals surface area contributed by atoms with Crippen LogP contribution in [0.15, 0.2) is 18.2 Å². The van der Waals surface area contributed by atoms with E-state index in [1.165, 1.54) is 14.0 Å². The van der Waals surface area contributed by atoms with E-state index in [1.807, 2.05) is 0 Å². The number of fused-ring (bicyclic) bond motifs is 1. The molecule has 1 heterocycles. The molecule has 1 amide bonds. The second-order valence-electron chi connectivity index (χ2n) is 5.73. The maximum atomic E-state index is 11.9. The Hall–Kier alpha value is -2.35. The molecular formula is C16H20BNO6. The number of ketones is 1. The van der Waals surface area contributed by atoms with Gasteiger partial charge in [-0.15, -0.1) is 0 Å². The summed E-state index contributed by atoms with van der Waals surface area (Å²) in [7, 11) is 0.00507. The van der Waals surface area contributed by atoms with Crippen LogP contribution in [0.5, 0.6) is 5.75 Å². The van der Waals surface area contributed by atoms with E-state index in [-0.39, 0.29) is 29.4 Å². The van der Waals surface area contributed by atoms with Gasteiger partial charge >= 0.3 is 13.1 Å². The van der Waals surface area contributed by atoms with Gasteiger partial charge in [0.05, 0.1) is 13.1 Å². The van der Waals surface area contributed by atoms with Crippen LogP contribution in [0.2, 0.25) is 0 Å². The smallest absolute Gasteiger partial charge is 0.534 e. The lowest BCUT2D eigenvalue weighted by molar-refractivity contribution is -0.121. The molecule has 8 heteroatoms. The molecule has 0 radical (unpaired) electrons. The summed E-state index contributed by atoms with van der Waals surface area (Å²) in [6, 6.07) is 5.01. The molecule has 0 aliphatic carbocycles. The summed E-state index contributed by atoms with van der Waals surface area (Å²) in [5.41, 5.74) is 0.942. The SMILES string of the molecule is COC(=O)c1cccc2c1OB(O)[C@@H](NC(=O)CCCC(C)=O)C2. The van der Waals surface area contributed by atoms with Crippen LogP contribution in [-0.4, -0.2) is 42.9 Å². The Morgan fingerprint density at radius 3 is 2.79 bits per heavy atom. The Morgan fingerprint density at radius 2 is 2.12 bits per heavy atom. The second kappa shape index (κ2) is 7.96. The second-order valence-corrected chi connectivity index (χ2v) is 5.73. The quantitative estimate of drug-likeness (QED) is 0.586. The molecular weight excluding hydrogens is 313 g/mol. The van der Waals surface area contributed by atoms with E-state index in [9.17, 15) is 19.4 Å². The molecule has 0 spiro atoms. The highest BCUT2D eigenvalue weighted by atomic mass is 16.5. The van der Waals surface area contributed by atoms with Gasteiger partial charge in [0.1, 0.15) is 17.1 Å². The van der Waals surface area contributed by atoms with Crippen LogP contribution in [0, 0.1) is 0 Å². The maximum Gasteiger partial charge on any atom is 0.547 e. The third kappa shape index (κ3) is 4.35. The van der Waals surface area contributed by atoms with Gasteiger partial charge in [-0.1, -0.05) is 12.1 Å². The van der Waals surface area contributed by atoms with E-state index in [4.69, 9.17) is 9.39 Å². The molecule has 1 atom stereocenters. The van der Waals surface area contributed by atoms with Crippen LogP contribution in [0.25, 0.3) is 0 Å². The molecule has 1 aromatic carbocycles. The van der Waals surface area contributed by atoms with E-state index in [0.717, 1.165) is 0 Å². The molecule has 1 aromatic rings. The number of amides is 1. The molecule has 0 bridgehead atoms. The summed E-state index contributed by atoms with van der Waals surface area (Å²) in [5, 5.41) is 12.8. The number of carbonyl (C=O) groups is 3. The van der Waals surface area contributed by atoms with Crippen molar-refractivity contribution in [3.63, 3.8) is 0 Å². The standard InChI is InChI=1S/C16H20BNO6/c1-10(19)5-3-8-14(20)18-13-9-11-6-4-7-12(16(21)23-2)15(11)24-17(13)22/h4,6-7,13,22H,3,5,8-9H2,1-2H3,(H,18,20)/t13-/m0/s1. The zero-order valence-corrected chi connectivity index (χ0v) is 13.7. The predicted octanol–water partition coefficient (Wildman–Crippen LogP) is 0.672. The number of rotatable bonds is 6. The number of para-hydroxylation sites is 1. The molecule has 0 unspecified atom stereocenters.